The van der Waals surface area contributed by atoms with E-state index >= 15 is 0 Å². The van der Waals surface area contributed by atoms with Gasteiger partial charge in [-0.25, -0.2) is 0 Å². The number of esters is 1. The topological polar surface area (TPSA) is 68.1 Å². The molecule has 0 saturated carbocycles. The second-order valence-electron chi connectivity index (χ2n) is 3.75. The molecular weight excluding hydrogens is 240 g/mol. The van der Waals surface area contributed by atoms with E-state index in [-0.39, 0.29) is 12.5 Å². The number of carbonyl (C=O) groups is 1. The largest absolute Gasteiger partial charge is 0.469 e. The van der Waals surface area contributed by atoms with Gasteiger partial charge < -0.3 is 15.5 Å². The normalized spacial score (nSPS) is 12.6. The van der Waals surface area contributed by atoms with Crippen molar-refractivity contribution in [2.24, 2.45) is 5.73 Å². The van der Waals surface area contributed by atoms with Crippen LogP contribution in [0.3, 0.4) is 0 Å². The molecule has 4 nitrogen and oxygen atoms in total. The summed E-state index contributed by atoms with van der Waals surface area (Å²) in [7, 11) is 1.35. The lowest BCUT2D eigenvalue weighted by Gasteiger charge is -2.11. The van der Waals surface area contributed by atoms with Crippen LogP contribution in [0.15, 0.2) is 24.4 Å². The molecule has 5 heteroatoms. The first-order chi connectivity index (χ1) is 8.17. The van der Waals surface area contributed by atoms with Gasteiger partial charge in [-0.15, -0.1) is 0 Å². The molecule has 0 unspecified atom stereocenters. The molecular formula is C12H13ClN2O2. The molecule has 0 spiro atoms. The zero-order valence-electron chi connectivity index (χ0n) is 9.37. The van der Waals surface area contributed by atoms with Gasteiger partial charge in [-0.1, -0.05) is 11.6 Å². The number of nitrogens with two attached hydrogens (primary N) is 1. The number of nitrogens with one attached hydrogen (secondary N) is 1. The zero-order valence-corrected chi connectivity index (χ0v) is 10.1. The lowest BCUT2D eigenvalue weighted by Crippen LogP contribution is -2.22. The van der Waals surface area contributed by atoms with Crippen LogP contribution in [0.4, 0.5) is 0 Å². The van der Waals surface area contributed by atoms with Gasteiger partial charge in [-0.3, -0.25) is 4.79 Å². The summed E-state index contributed by atoms with van der Waals surface area (Å²) in [5.41, 5.74) is 7.36. The molecule has 1 aromatic heterocycles. The fourth-order valence-electron chi connectivity index (χ4n) is 1.90. The fourth-order valence-corrected chi connectivity index (χ4v) is 2.07. The monoisotopic (exact) mass is 252 g/mol. The molecule has 2 aromatic rings. The Labute approximate surface area is 104 Å². The van der Waals surface area contributed by atoms with E-state index in [0.717, 1.165) is 16.5 Å². The van der Waals surface area contributed by atoms with E-state index in [2.05, 4.69) is 4.98 Å². The van der Waals surface area contributed by atoms with Crippen molar-refractivity contribution in [2.45, 2.75) is 5.92 Å². The van der Waals surface area contributed by atoms with Gasteiger partial charge in [-0.2, -0.15) is 0 Å². The molecule has 0 amide bonds. The minimum absolute atomic E-state index is 0.201. The molecule has 1 aromatic carbocycles. The average molecular weight is 253 g/mol. The number of benzene rings is 1. The van der Waals surface area contributed by atoms with E-state index in [4.69, 9.17) is 22.1 Å². The quantitative estimate of drug-likeness (QED) is 0.822. The summed E-state index contributed by atoms with van der Waals surface area (Å²) >= 11 is 5.95. The van der Waals surface area contributed by atoms with E-state index in [1.54, 1.807) is 12.3 Å². The molecule has 2 rings (SSSR count). The van der Waals surface area contributed by atoms with Gasteiger partial charge in [0, 0.05) is 28.7 Å². The first kappa shape index (κ1) is 12.0. The van der Waals surface area contributed by atoms with Crippen molar-refractivity contribution in [1.82, 2.24) is 4.98 Å². The fraction of sp³-hybridized carbons (Fsp3) is 0.250. The number of fused-ring (bicyclic) bond motifs is 1. The maximum Gasteiger partial charge on any atom is 0.314 e. The van der Waals surface area contributed by atoms with E-state index in [1.165, 1.54) is 7.11 Å². The number of halogens is 1. The van der Waals surface area contributed by atoms with Gasteiger partial charge in [0.1, 0.15) is 0 Å². The van der Waals surface area contributed by atoms with Crippen LogP contribution in [0.2, 0.25) is 5.02 Å². The Balaban J connectivity index is 2.53. The van der Waals surface area contributed by atoms with Crippen molar-refractivity contribution >= 4 is 28.5 Å². The Bertz CT molecular complexity index is 550. The third-order valence-corrected chi connectivity index (χ3v) is 3.01. The van der Waals surface area contributed by atoms with E-state index in [0.29, 0.717) is 5.02 Å². The number of carbonyl (C=O) groups excluding carboxylic acids is 1. The Morgan fingerprint density at radius 2 is 2.35 bits per heavy atom. The Kier molecular flexibility index (Phi) is 3.36. The first-order valence-corrected chi connectivity index (χ1v) is 5.59. The Hall–Kier alpha value is -1.52. The van der Waals surface area contributed by atoms with Crippen LogP contribution >= 0.6 is 11.6 Å². The van der Waals surface area contributed by atoms with Crippen molar-refractivity contribution in [3.05, 3.63) is 35.0 Å². The van der Waals surface area contributed by atoms with Crippen LogP contribution in [0.25, 0.3) is 10.9 Å². The molecule has 0 radical (unpaired) electrons. The SMILES string of the molecule is COC(=O)[C@H](CN)c1c[nH]c2ccc(Cl)cc12. The number of methoxy groups -OCH3 is 1. The molecule has 0 saturated heterocycles. The van der Waals surface area contributed by atoms with Crippen LogP contribution in [0, 0.1) is 0 Å². The highest BCUT2D eigenvalue weighted by Gasteiger charge is 2.22. The van der Waals surface area contributed by atoms with E-state index in [9.17, 15) is 4.79 Å². The van der Waals surface area contributed by atoms with Crippen LogP contribution in [0.1, 0.15) is 11.5 Å². The summed E-state index contributed by atoms with van der Waals surface area (Å²) in [6.45, 7) is 0.201. The third-order valence-electron chi connectivity index (χ3n) is 2.77. The molecule has 0 fully saturated rings. The third kappa shape index (κ3) is 2.14. The molecule has 90 valence electrons. The highest BCUT2D eigenvalue weighted by molar-refractivity contribution is 6.31. The summed E-state index contributed by atoms with van der Waals surface area (Å²) in [5, 5.41) is 1.53. The van der Waals surface area contributed by atoms with E-state index in [1.807, 2.05) is 12.1 Å². The van der Waals surface area contributed by atoms with Gasteiger partial charge in [0.2, 0.25) is 0 Å². The molecule has 0 aliphatic carbocycles. The molecule has 0 aliphatic rings. The van der Waals surface area contributed by atoms with Crippen molar-refractivity contribution < 1.29 is 9.53 Å². The van der Waals surface area contributed by atoms with Crippen LogP contribution in [-0.4, -0.2) is 24.6 Å². The average Bonchev–Trinajstić information content (AvgIpc) is 2.73. The number of aromatic nitrogens is 1. The smallest absolute Gasteiger partial charge is 0.314 e. The number of ether oxygens (including phenoxy) is 1. The van der Waals surface area contributed by atoms with Crippen LogP contribution in [0.5, 0.6) is 0 Å². The molecule has 3 N–H and O–H groups in total. The Morgan fingerprint density at radius 1 is 1.59 bits per heavy atom. The molecule has 0 aliphatic heterocycles. The Morgan fingerprint density at radius 3 is 3.00 bits per heavy atom. The second-order valence-corrected chi connectivity index (χ2v) is 4.18. The predicted octanol–water partition coefficient (Wildman–Crippen LogP) is 2.04. The summed E-state index contributed by atoms with van der Waals surface area (Å²) in [6.07, 6.45) is 1.77. The number of aromatic amines is 1. The van der Waals surface area contributed by atoms with E-state index < -0.39 is 5.92 Å². The number of hydrogen-bond donors (Lipinski definition) is 2. The highest BCUT2D eigenvalue weighted by atomic mass is 35.5. The van der Waals surface area contributed by atoms with Crippen molar-refractivity contribution in [3.63, 3.8) is 0 Å². The summed E-state index contributed by atoms with van der Waals surface area (Å²) in [4.78, 5) is 14.7. The van der Waals surface area contributed by atoms with Crippen LogP contribution < -0.4 is 5.73 Å². The first-order valence-electron chi connectivity index (χ1n) is 5.21. The molecule has 1 atom stereocenters. The number of hydrogen-bond acceptors (Lipinski definition) is 3. The minimum Gasteiger partial charge on any atom is -0.469 e. The summed E-state index contributed by atoms with van der Waals surface area (Å²) in [5.74, 6) is -0.805. The number of H-pyrrole nitrogens is 1. The zero-order chi connectivity index (χ0) is 12.4. The summed E-state index contributed by atoms with van der Waals surface area (Å²) in [6, 6.07) is 5.47. The standard InChI is InChI=1S/C12H13ClN2O2/c1-17-12(16)9(5-14)10-6-15-11-3-2-7(13)4-8(10)11/h2-4,6,9,15H,5,14H2,1H3/t9-/m1/s1. The van der Waals surface area contributed by atoms with Gasteiger partial charge in [0.05, 0.1) is 13.0 Å². The van der Waals surface area contributed by atoms with Crippen LogP contribution in [-0.2, 0) is 9.53 Å². The second kappa shape index (κ2) is 4.77. The summed E-state index contributed by atoms with van der Waals surface area (Å²) < 4.78 is 4.74. The molecule has 0 bridgehead atoms. The van der Waals surface area contributed by atoms with Crippen molar-refractivity contribution in [2.75, 3.05) is 13.7 Å². The minimum atomic E-state index is -0.466. The molecule has 17 heavy (non-hydrogen) atoms. The lowest BCUT2D eigenvalue weighted by atomic mass is 9.99. The molecule has 1 heterocycles. The van der Waals surface area contributed by atoms with Gasteiger partial charge in [0.25, 0.3) is 0 Å². The number of rotatable bonds is 3. The van der Waals surface area contributed by atoms with Gasteiger partial charge in [0.15, 0.2) is 0 Å². The lowest BCUT2D eigenvalue weighted by molar-refractivity contribution is -0.142. The predicted molar refractivity (Wildman–Crippen MR) is 67.1 cm³/mol. The van der Waals surface area contributed by atoms with Crippen molar-refractivity contribution in [1.29, 1.82) is 0 Å². The van der Waals surface area contributed by atoms with Crippen molar-refractivity contribution in [3.8, 4) is 0 Å². The maximum absolute atomic E-state index is 11.6. The van der Waals surface area contributed by atoms with Gasteiger partial charge >= 0.3 is 5.97 Å². The van der Waals surface area contributed by atoms with Gasteiger partial charge in [-0.05, 0) is 23.8 Å². The maximum atomic E-state index is 11.6. The highest BCUT2D eigenvalue weighted by Crippen LogP contribution is 2.28.